The van der Waals surface area contributed by atoms with Crippen LogP contribution in [0.1, 0.15) is 43.1 Å². The number of hydroxylamine groups is 2. The fraction of sp³-hybridized carbons (Fsp3) is 0.483. The van der Waals surface area contributed by atoms with E-state index in [0.717, 1.165) is 0 Å². The van der Waals surface area contributed by atoms with Gasteiger partial charge < -0.3 is 39.6 Å². The van der Waals surface area contributed by atoms with E-state index < -0.39 is 60.9 Å². The van der Waals surface area contributed by atoms with Crippen molar-refractivity contribution in [2.24, 2.45) is 0 Å². The molecule has 0 unspecified atom stereocenters. The summed E-state index contributed by atoms with van der Waals surface area (Å²) in [6.45, 7) is 2.20. The summed E-state index contributed by atoms with van der Waals surface area (Å²) in [5.74, 6) is -4.09. The number of rotatable bonds is 13. The summed E-state index contributed by atoms with van der Waals surface area (Å²) in [5.41, 5.74) is 0.326. The van der Waals surface area contributed by atoms with Crippen LogP contribution in [0.5, 0.6) is 5.88 Å². The second kappa shape index (κ2) is 15.7. The number of para-hydroxylation sites is 1. The molecular formula is C29H36N6O11. The van der Waals surface area contributed by atoms with Gasteiger partial charge in [-0.3, -0.25) is 19.2 Å². The third kappa shape index (κ3) is 8.71. The van der Waals surface area contributed by atoms with Crippen LogP contribution in [0.4, 0.5) is 4.79 Å². The molecule has 0 aliphatic carbocycles. The Bertz CT molecular complexity index is 1420. The van der Waals surface area contributed by atoms with Crippen LogP contribution in [0.2, 0.25) is 0 Å². The number of ether oxygens (including phenoxy) is 2. The standard InChI is InChI=1S/C29H36N6O11/c1-2-44-29(43)46-33-15-13-32(14-16-33)27(40)20(10-11-25(37)38)30-26(39)21-17-24(35(31-21)19-7-4-3-5-8-19)45-18-23(36)34-12-6-9-22(34)28(41)42/h3-5,7-8,17,20,22H,2,6,9-16,18H2,1H3,(H,30,39)(H,37,38)(H,41,42)/t20-,22-/m0/s1. The number of benzene rings is 1. The number of aliphatic carboxylic acids is 2. The van der Waals surface area contributed by atoms with Gasteiger partial charge in [0.2, 0.25) is 11.8 Å². The number of likely N-dealkylation sites (tertiary alicyclic amines) is 1. The number of carbonyl (C=O) groups is 6. The number of carboxylic acid groups (broad SMARTS) is 2. The minimum absolute atomic E-state index is 0.0157. The van der Waals surface area contributed by atoms with Crippen molar-refractivity contribution in [3.8, 4) is 11.6 Å². The molecule has 2 saturated heterocycles. The highest BCUT2D eigenvalue weighted by Crippen LogP contribution is 2.22. The Balaban J connectivity index is 1.47. The third-order valence-electron chi connectivity index (χ3n) is 7.38. The molecule has 2 atom stereocenters. The van der Waals surface area contributed by atoms with E-state index in [1.54, 1.807) is 37.3 Å². The Morgan fingerprint density at radius 1 is 1.02 bits per heavy atom. The molecule has 248 valence electrons. The number of carbonyl (C=O) groups excluding carboxylic acids is 4. The van der Waals surface area contributed by atoms with E-state index in [4.69, 9.17) is 14.3 Å². The van der Waals surface area contributed by atoms with Crippen LogP contribution >= 0.6 is 0 Å². The highest BCUT2D eigenvalue weighted by molar-refractivity contribution is 5.96. The first-order valence-corrected chi connectivity index (χ1v) is 14.8. The summed E-state index contributed by atoms with van der Waals surface area (Å²) < 4.78 is 11.8. The molecule has 1 aromatic heterocycles. The third-order valence-corrected chi connectivity index (χ3v) is 7.38. The first-order valence-electron chi connectivity index (χ1n) is 14.8. The smallest absolute Gasteiger partial charge is 0.481 e. The zero-order chi connectivity index (χ0) is 33.2. The fourth-order valence-corrected chi connectivity index (χ4v) is 5.10. The van der Waals surface area contributed by atoms with E-state index in [9.17, 15) is 39.0 Å². The number of hydrogen-bond donors (Lipinski definition) is 3. The van der Waals surface area contributed by atoms with E-state index in [2.05, 4.69) is 10.4 Å². The predicted molar refractivity (Wildman–Crippen MR) is 156 cm³/mol. The summed E-state index contributed by atoms with van der Waals surface area (Å²) in [6, 6.07) is 7.73. The Labute approximate surface area is 263 Å². The van der Waals surface area contributed by atoms with Crippen molar-refractivity contribution < 1.29 is 53.3 Å². The molecule has 17 heteroatoms. The zero-order valence-corrected chi connectivity index (χ0v) is 25.2. The highest BCUT2D eigenvalue weighted by Gasteiger charge is 2.35. The van der Waals surface area contributed by atoms with Gasteiger partial charge in [-0.25, -0.2) is 14.3 Å². The first kappa shape index (κ1) is 33.7. The summed E-state index contributed by atoms with van der Waals surface area (Å²) in [6.07, 6.45) is -0.570. The summed E-state index contributed by atoms with van der Waals surface area (Å²) >= 11 is 0. The first-order chi connectivity index (χ1) is 22.1. The van der Waals surface area contributed by atoms with E-state index in [0.29, 0.717) is 18.5 Å². The number of hydrogen-bond acceptors (Lipinski definition) is 11. The molecule has 2 aliphatic rings. The number of aromatic nitrogens is 2. The van der Waals surface area contributed by atoms with Gasteiger partial charge in [0.05, 0.1) is 25.4 Å². The lowest BCUT2D eigenvalue weighted by Gasteiger charge is -2.35. The van der Waals surface area contributed by atoms with Gasteiger partial charge >= 0.3 is 18.1 Å². The molecule has 17 nitrogen and oxygen atoms in total. The average molecular weight is 645 g/mol. The van der Waals surface area contributed by atoms with Crippen LogP contribution in [0.15, 0.2) is 36.4 Å². The quantitative estimate of drug-likeness (QED) is 0.254. The second-order valence-electron chi connectivity index (χ2n) is 10.5. The van der Waals surface area contributed by atoms with Gasteiger partial charge in [0, 0.05) is 32.1 Å². The summed E-state index contributed by atoms with van der Waals surface area (Å²) in [4.78, 5) is 81.8. The van der Waals surface area contributed by atoms with Crippen LogP contribution in [0, 0.1) is 0 Å². The van der Waals surface area contributed by atoms with Gasteiger partial charge in [-0.15, -0.1) is 5.06 Å². The molecule has 46 heavy (non-hydrogen) atoms. The predicted octanol–water partition coefficient (Wildman–Crippen LogP) is 0.522. The SMILES string of the molecule is CCOC(=O)ON1CCN(C(=O)[C@H](CCC(=O)O)NC(=O)c2cc(OCC(=O)N3CCC[C@H]3C(=O)O)n(-c3ccccc3)n2)CC1. The molecule has 3 amide bonds. The molecular weight excluding hydrogens is 608 g/mol. The normalized spacial score (nSPS) is 17.2. The molecule has 1 aromatic carbocycles. The van der Waals surface area contributed by atoms with Crippen LogP contribution < -0.4 is 10.1 Å². The molecule has 2 aliphatic heterocycles. The van der Waals surface area contributed by atoms with Crippen molar-refractivity contribution in [3.05, 3.63) is 42.1 Å². The van der Waals surface area contributed by atoms with Crippen molar-refractivity contribution in [2.75, 3.05) is 45.9 Å². The van der Waals surface area contributed by atoms with Gasteiger partial charge in [-0.2, -0.15) is 5.10 Å². The molecule has 0 radical (unpaired) electrons. The van der Waals surface area contributed by atoms with E-state index in [1.807, 2.05) is 0 Å². The Morgan fingerprint density at radius 2 is 1.74 bits per heavy atom. The van der Waals surface area contributed by atoms with Gasteiger partial charge in [-0.05, 0) is 38.3 Å². The van der Waals surface area contributed by atoms with Gasteiger partial charge in [0.1, 0.15) is 12.1 Å². The lowest BCUT2D eigenvalue weighted by atomic mass is 10.1. The minimum Gasteiger partial charge on any atom is -0.481 e. The van der Waals surface area contributed by atoms with Crippen molar-refractivity contribution in [1.29, 1.82) is 0 Å². The molecule has 4 rings (SSSR count). The molecule has 0 bridgehead atoms. The van der Waals surface area contributed by atoms with E-state index in [1.165, 1.54) is 25.6 Å². The maximum atomic E-state index is 13.4. The van der Waals surface area contributed by atoms with Crippen LogP contribution in [-0.2, 0) is 28.8 Å². The topological polar surface area (TPSA) is 210 Å². The molecule has 2 fully saturated rings. The molecule has 0 spiro atoms. The van der Waals surface area contributed by atoms with Crippen molar-refractivity contribution >= 4 is 35.8 Å². The van der Waals surface area contributed by atoms with Crippen molar-refractivity contribution in [3.63, 3.8) is 0 Å². The van der Waals surface area contributed by atoms with Gasteiger partial charge in [0.15, 0.2) is 12.3 Å². The number of amides is 3. The second-order valence-corrected chi connectivity index (χ2v) is 10.5. The number of nitrogens with zero attached hydrogens (tertiary/aromatic N) is 5. The Kier molecular flexibility index (Phi) is 11.5. The maximum absolute atomic E-state index is 13.4. The monoisotopic (exact) mass is 644 g/mol. The van der Waals surface area contributed by atoms with Crippen molar-refractivity contribution in [2.45, 2.75) is 44.7 Å². The maximum Gasteiger partial charge on any atom is 0.527 e. The van der Waals surface area contributed by atoms with Gasteiger partial charge in [-0.1, -0.05) is 18.2 Å². The fourth-order valence-electron chi connectivity index (χ4n) is 5.10. The Hall–Kier alpha value is -5.19. The van der Waals surface area contributed by atoms with Crippen LogP contribution in [0.3, 0.4) is 0 Å². The number of carboxylic acids is 2. The van der Waals surface area contributed by atoms with Crippen LogP contribution in [-0.4, -0.2) is 129 Å². The van der Waals surface area contributed by atoms with E-state index >= 15 is 0 Å². The number of nitrogens with one attached hydrogen (secondary N) is 1. The minimum atomic E-state index is -1.21. The zero-order valence-electron chi connectivity index (χ0n) is 25.2. The highest BCUT2D eigenvalue weighted by atomic mass is 16.8. The Morgan fingerprint density at radius 3 is 2.39 bits per heavy atom. The van der Waals surface area contributed by atoms with Gasteiger partial charge in [0.25, 0.3) is 11.8 Å². The largest absolute Gasteiger partial charge is 0.527 e. The molecule has 3 N–H and O–H groups in total. The van der Waals surface area contributed by atoms with E-state index in [-0.39, 0.29) is 57.3 Å². The lowest BCUT2D eigenvalue weighted by molar-refractivity contribution is -0.157. The number of piperazine rings is 1. The molecule has 0 saturated carbocycles. The van der Waals surface area contributed by atoms with Crippen LogP contribution in [0.25, 0.3) is 5.69 Å². The average Bonchev–Trinajstić information content (AvgIpc) is 3.71. The summed E-state index contributed by atoms with van der Waals surface area (Å²) in [5, 5.41) is 26.9. The molecule has 3 heterocycles. The lowest BCUT2D eigenvalue weighted by Crippen LogP contribution is -2.55. The molecule has 2 aromatic rings. The van der Waals surface area contributed by atoms with Crippen molar-refractivity contribution in [1.82, 2.24) is 30.0 Å². The summed E-state index contributed by atoms with van der Waals surface area (Å²) in [7, 11) is 0.